The fourth-order valence-corrected chi connectivity index (χ4v) is 2.54. The number of carbonyl (C=O) groups is 2. The molecule has 1 amide bonds. The summed E-state index contributed by atoms with van der Waals surface area (Å²) in [5.74, 6) is -1.46. The second kappa shape index (κ2) is 5.76. The summed E-state index contributed by atoms with van der Waals surface area (Å²) in [5, 5.41) is 15.2. The molecule has 0 aromatic heterocycles. The third-order valence-corrected chi connectivity index (χ3v) is 3.79. The molecule has 2 atom stereocenters. The molecule has 114 valence electrons. The molecule has 1 aliphatic heterocycles. The van der Waals surface area contributed by atoms with E-state index in [1.165, 1.54) is 0 Å². The van der Waals surface area contributed by atoms with E-state index in [2.05, 4.69) is 10.6 Å². The number of amides is 1. The third kappa shape index (κ3) is 3.54. The van der Waals surface area contributed by atoms with Gasteiger partial charge in [0.25, 0.3) is 0 Å². The molecule has 0 bridgehead atoms. The number of aliphatic carboxylic acids is 1. The molecule has 2 rings (SSSR count). The van der Waals surface area contributed by atoms with Crippen molar-refractivity contribution in [1.82, 2.24) is 5.32 Å². The number of hydrogen-bond donors (Lipinski definition) is 3. The average molecular weight is 290 g/mol. The highest BCUT2D eigenvalue weighted by molar-refractivity contribution is 5.86. The van der Waals surface area contributed by atoms with Crippen molar-refractivity contribution < 1.29 is 14.7 Å². The minimum atomic E-state index is -1.000. The molecule has 1 aromatic carbocycles. The summed E-state index contributed by atoms with van der Waals surface area (Å²) >= 11 is 0. The van der Waals surface area contributed by atoms with Crippen molar-refractivity contribution in [2.75, 3.05) is 11.9 Å². The molecule has 0 saturated heterocycles. The first-order valence-corrected chi connectivity index (χ1v) is 7.14. The van der Waals surface area contributed by atoms with E-state index in [0.29, 0.717) is 13.0 Å². The molecule has 0 aliphatic carbocycles. The van der Waals surface area contributed by atoms with Crippen LogP contribution in [0.25, 0.3) is 0 Å². The fraction of sp³-hybridized carbons (Fsp3) is 0.500. The zero-order valence-corrected chi connectivity index (χ0v) is 12.6. The van der Waals surface area contributed by atoms with Crippen molar-refractivity contribution in [1.29, 1.82) is 0 Å². The largest absolute Gasteiger partial charge is 0.480 e. The molecule has 0 radical (unpaired) electrons. The van der Waals surface area contributed by atoms with Crippen molar-refractivity contribution in [3.05, 3.63) is 29.8 Å². The normalized spacial score (nSPS) is 19.1. The number of rotatable bonds is 3. The highest BCUT2D eigenvalue weighted by Crippen LogP contribution is 2.25. The molecule has 1 aromatic rings. The van der Waals surface area contributed by atoms with Gasteiger partial charge in [-0.1, -0.05) is 39.0 Å². The molecule has 5 heteroatoms. The van der Waals surface area contributed by atoms with Gasteiger partial charge in [0.2, 0.25) is 5.91 Å². The Bertz CT molecular complexity index is 549. The summed E-state index contributed by atoms with van der Waals surface area (Å²) in [6.45, 7) is 5.95. The SMILES string of the molecule is CC(C)(C)[C@@H](NC(=O)C1CNc2ccccc2C1)C(=O)O. The Balaban J connectivity index is 2.06. The Morgan fingerprint density at radius 3 is 2.62 bits per heavy atom. The molecular formula is C16H22N2O3. The molecule has 0 fully saturated rings. The maximum Gasteiger partial charge on any atom is 0.326 e. The molecule has 1 aliphatic rings. The van der Waals surface area contributed by atoms with Crippen molar-refractivity contribution in [2.45, 2.75) is 33.2 Å². The van der Waals surface area contributed by atoms with Crippen LogP contribution in [0.1, 0.15) is 26.3 Å². The Kier molecular flexibility index (Phi) is 4.21. The van der Waals surface area contributed by atoms with Crippen LogP contribution in [0.5, 0.6) is 0 Å². The van der Waals surface area contributed by atoms with E-state index in [0.717, 1.165) is 11.3 Å². The lowest BCUT2D eigenvalue weighted by Gasteiger charge is -2.31. The molecule has 1 unspecified atom stereocenters. The number of carboxylic acid groups (broad SMARTS) is 1. The van der Waals surface area contributed by atoms with Gasteiger partial charge >= 0.3 is 5.97 Å². The Morgan fingerprint density at radius 1 is 1.33 bits per heavy atom. The van der Waals surface area contributed by atoms with Gasteiger partial charge in [-0.2, -0.15) is 0 Å². The summed E-state index contributed by atoms with van der Waals surface area (Å²) in [4.78, 5) is 23.7. The molecule has 21 heavy (non-hydrogen) atoms. The van der Waals surface area contributed by atoms with Crippen molar-refractivity contribution in [2.24, 2.45) is 11.3 Å². The van der Waals surface area contributed by atoms with Crippen LogP contribution in [0.3, 0.4) is 0 Å². The lowest BCUT2D eigenvalue weighted by Crippen LogP contribution is -2.52. The van der Waals surface area contributed by atoms with Crippen LogP contribution < -0.4 is 10.6 Å². The minimum absolute atomic E-state index is 0.209. The van der Waals surface area contributed by atoms with E-state index in [1.54, 1.807) is 20.8 Å². The second-order valence-electron chi connectivity index (χ2n) is 6.58. The monoisotopic (exact) mass is 290 g/mol. The van der Waals surface area contributed by atoms with Crippen LogP contribution in [-0.4, -0.2) is 29.6 Å². The first kappa shape index (κ1) is 15.4. The highest BCUT2D eigenvalue weighted by atomic mass is 16.4. The van der Waals surface area contributed by atoms with Gasteiger partial charge in [-0.25, -0.2) is 4.79 Å². The summed E-state index contributed by atoms with van der Waals surface area (Å²) in [6.07, 6.45) is 0.630. The lowest BCUT2D eigenvalue weighted by atomic mass is 9.85. The molecule has 5 nitrogen and oxygen atoms in total. The maximum atomic E-state index is 12.4. The molecule has 0 saturated carbocycles. The van der Waals surface area contributed by atoms with E-state index in [9.17, 15) is 14.7 Å². The van der Waals surface area contributed by atoms with Crippen LogP contribution in [0.2, 0.25) is 0 Å². The van der Waals surface area contributed by atoms with Gasteiger partial charge in [-0.15, -0.1) is 0 Å². The number of anilines is 1. The van der Waals surface area contributed by atoms with Crippen LogP contribution in [0.15, 0.2) is 24.3 Å². The number of hydrogen-bond acceptors (Lipinski definition) is 3. The highest BCUT2D eigenvalue weighted by Gasteiger charge is 2.35. The minimum Gasteiger partial charge on any atom is -0.480 e. The van der Waals surface area contributed by atoms with Gasteiger partial charge in [-0.3, -0.25) is 4.79 Å². The van der Waals surface area contributed by atoms with E-state index >= 15 is 0 Å². The summed E-state index contributed by atoms with van der Waals surface area (Å²) in [5.41, 5.74) is 1.61. The van der Waals surface area contributed by atoms with Gasteiger partial charge in [0.05, 0.1) is 5.92 Å². The zero-order chi connectivity index (χ0) is 15.6. The van der Waals surface area contributed by atoms with E-state index in [4.69, 9.17) is 0 Å². The van der Waals surface area contributed by atoms with E-state index in [1.807, 2.05) is 24.3 Å². The Labute approximate surface area is 124 Å². The quantitative estimate of drug-likeness (QED) is 0.794. The Morgan fingerprint density at radius 2 is 2.00 bits per heavy atom. The zero-order valence-electron chi connectivity index (χ0n) is 12.6. The lowest BCUT2D eigenvalue weighted by molar-refractivity contribution is -0.145. The van der Waals surface area contributed by atoms with Gasteiger partial charge in [0.15, 0.2) is 0 Å². The summed E-state index contributed by atoms with van der Waals surface area (Å²) in [6, 6.07) is 6.98. The summed E-state index contributed by atoms with van der Waals surface area (Å²) in [7, 11) is 0. The van der Waals surface area contributed by atoms with Gasteiger partial charge in [0.1, 0.15) is 6.04 Å². The number of benzene rings is 1. The number of para-hydroxylation sites is 1. The van der Waals surface area contributed by atoms with Crippen molar-refractivity contribution >= 4 is 17.6 Å². The van der Waals surface area contributed by atoms with E-state index in [-0.39, 0.29) is 11.8 Å². The number of carbonyl (C=O) groups excluding carboxylic acids is 1. The first-order valence-electron chi connectivity index (χ1n) is 7.14. The third-order valence-electron chi connectivity index (χ3n) is 3.79. The first-order chi connectivity index (χ1) is 9.79. The maximum absolute atomic E-state index is 12.4. The van der Waals surface area contributed by atoms with Gasteiger partial charge in [0, 0.05) is 12.2 Å². The predicted molar refractivity (Wildman–Crippen MR) is 81.1 cm³/mol. The van der Waals surface area contributed by atoms with E-state index < -0.39 is 17.4 Å². The van der Waals surface area contributed by atoms with Gasteiger partial charge < -0.3 is 15.7 Å². The predicted octanol–water partition coefficient (Wildman–Crippen LogP) is 1.89. The van der Waals surface area contributed by atoms with Gasteiger partial charge in [-0.05, 0) is 23.5 Å². The molecule has 3 N–H and O–H groups in total. The van der Waals surface area contributed by atoms with Crippen LogP contribution in [-0.2, 0) is 16.0 Å². The molecule has 0 spiro atoms. The number of fused-ring (bicyclic) bond motifs is 1. The molecular weight excluding hydrogens is 268 g/mol. The molecule has 1 heterocycles. The van der Waals surface area contributed by atoms with Crippen molar-refractivity contribution in [3.63, 3.8) is 0 Å². The topological polar surface area (TPSA) is 78.4 Å². The number of nitrogens with one attached hydrogen (secondary N) is 2. The van der Waals surface area contributed by atoms with Crippen LogP contribution in [0, 0.1) is 11.3 Å². The fourth-order valence-electron chi connectivity index (χ4n) is 2.54. The number of carboxylic acids is 1. The van der Waals surface area contributed by atoms with Crippen molar-refractivity contribution in [3.8, 4) is 0 Å². The standard InChI is InChI=1S/C16H22N2O3/c1-16(2,3)13(15(20)21)18-14(19)11-8-10-6-4-5-7-12(10)17-9-11/h4-7,11,13,17H,8-9H2,1-3H3,(H,18,19)(H,20,21)/t11?,13-/m0/s1. The second-order valence-corrected chi connectivity index (χ2v) is 6.58. The summed E-state index contributed by atoms with van der Waals surface area (Å²) < 4.78 is 0. The smallest absolute Gasteiger partial charge is 0.326 e. The van der Waals surface area contributed by atoms with Crippen LogP contribution >= 0.6 is 0 Å². The Hall–Kier alpha value is -2.04. The average Bonchev–Trinajstić information content (AvgIpc) is 2.42. The van der Waals surface area contributed by atoms with Crippen LogP contribution in [0.4, 0.5) is 5.69 Å².